The van der Waals surface area contributed by atoms with Crippen LogP contribution in [0.1, 0.15) is 27.9 Å². The van der Waals surface area contributed by atoms with Gasteiger partial charge in [0.2, 0.25) is 0 Å². The highest BCUT2D eigenvalue weighted by Crippen LogP contribution is 2.16. The van der Waals surface area contributed by atoms with E-state index in [0.29, 0.717) is 13.1 Å². The van der Waals surface area contributed by atoms with Gasteiger partial charge in [0.05, 0.1) is 6.54 Å². The first-order valence-corrected chi connectivity index (χ1v) is 7.90. The van der Waals surface area contributed by atoms with E-state index in [4.69, 9.17) is 0 Å². The normalized spacial score (nSPS) is 10.9. The maximum atomic E-state index is 12.8. The number of thiazole rings is 1. The van der Waals surface area contributed by atoms with Gasteiger partial charge < -0.3 is 9.80 Å². The lowest BCUT2D eigenvalue weighted by atomic mass is 10.1. The number of carbonyl (C=O) groups excluding carboxylic acids is 1. The fourth-order valence-electron chi connectivity index (χ4n) is 2.20. The molecule has 0 atom stereocenters. The largest absolute Gasteiger partial charge is 0.332 e. The lowest BCUT2D eigenvalue weighted by molar-refractivity contribution is 0.0750. The molecule has 4 nitrogen and oxygen atoms in total. The van der Waals surface area contributed by atoms with Gasteiger partial charge in [0, 0.05) is 30.2 Å². The third-order valence-electron chi connectivity index (χ3n) is 3.21. The topological polar surface area (TPSA) is 36.4 Å². The van der Waals surface area contributed by atoms with Crippen LogP contribution in [-0.4, -0.2) is 41.3 Å². The van der Waals surface area contributed by atoms with Gasteiger partial charge in [0.25, 0.3) is 5.91 Å². The van der Waals surface area contributed by atoms with Crippen molar-refractivity contribution in [1.29, 1.82) is 0 Å². The Morgan fingerprint density at radius 2 is 2.00 bits per heavy atom. The number of rotatable bonds is 6. The van der Waals surface area contributed by atoms with Crippen LogP contribution in [0, 0.1) is 0 Å². The summed E-state index contributed by atoms with van der Waals surface area (Å²) in [6.45, 7) is 4.01. The molecule has 0 spiro atoms. The summed E-state index contributed by atoms with van der Waals surface area (Å²) >= 11 is 1.58. The second-order valence-corrected chi connectivity index (χ2v) is 6.12. The number of hydrogen-bond acceptors (Lipinski definition) is 4. The van der Waals surface area contributed by atoms with Gasteiger partial charge in [-0.2, -0.15) is 0 Å². The Kier molecular flexibility index (Phi) is 5.47. The Bertz CT molecular complexity index is 581. The fraction of sp³-hybridized carbons (Fsp3) is 0.375. The predicted octanol–water partition coefficient (Wildman–Crippen LogP) is 2.87. The summed E-state index contributed by atoms with van der Waals surface area (Å²) in [5.41, 5.74) is 1.84. The molecular formula is C16H21N3OS. The van der Waals surface area contributed by atoms with Gasteiger partial charge in [0.15, 0.2) is 0 Å². The average Bonchev–Trinajstić information content (AvgIpc) is 2.97. The molecule has 112 valence electrons. The lowest BCUT2D eigenvalue weighted by Gasteiger charge is -2.22. The number of carbonyl (C=O) groups is 1. The van der Waals surface area contributed by atoms with E-state index < -0.39 is 0 Å². The third-order valence-corrected chi connectivity index (χ3v) is 3.98. The van der Waals surface area contributed by atoms with Crippen LogP contribution < -0.4 is 0 Å². The van der Waals surface area contributed by atoms with Gasteiger partial charge in [-0.25, -0.2) is 4.98 Å². The van der Waals surface area contributed by atoms with E-state index in [1.54, 1.807) is 17.5 Å². The zero-order valence-corrected chi connectivity index (χ0v) is 13.6. The van der Waals surface area contributed by atoms with Crippen LogP contribution in [0.4, 0.5) is 0 Å². The predicted molar refractivity (Wildman–Crippen MR) is 86.4 cm³/mol. The zero-order chi connectivity index (χ0) is 15.2. The van der Waals surface area contributed by atoms with Crippen molar-refractivity contribution in [2.45, 2.75) is 20.0 Å². The van der Waals surface area contributed by atoms with Crippen LogP contribution in [0.3, 0.4) is 0 Å². The molecule has 0 unspecified atom stereocenters. The van der Waals surface area contributed by atoms with E-state index in [9.17, 15) is 4.79 Å². The molecule has 5 heteroatoms. The standard InChI is InChI=1S/C16H21N3OS/c1-4-19(12-15-17-9-10-21-15)16(20)14-8-6-5-7-13(14)11-18(2)3/h5-10H,4,11-12H2,1-3H3. The molecule has 0 fully saturated rings. The minimum Gasteiger partial charge on any atom is -0.332 e. The zero-order valence-electron chi connectivity index (χ0n) is 12.7. The Morgan fingerprint density at radius 3 is 2.62 bits per heavy atom. The van der Waals surface area contributed by atoms with E-state index in [-0.39, 0.29) is 5.91 Å². The first-order valence-electron chi connectivity index (χ1n) is 7.02. The fourth-order valence-corrected chi connectivity index (χ4v) is 2.83. The van der Waals surface area contributed by atoms with Gasteiger partial charge in [0.1, 0.15) is 5.01 Å². The molecule has 0 bridgehead atoms. The summed E-state index contributed by atoms with van der Waals surface area (Å²) < 4.78 is 0. The highest BCUT2D eigenvalue weighted by molar-refractivity contribution is 7.09. The van der Waals surface area contributed by atoms with Crippen LogP contribution in [0.2, 0.25) is 0 Å². The molecule has 1 aromatic carbocycles. The molecule has 0 saturated heterocycles. The Labute approximate surface area is 130 Å². The van der Waals surface area contributed by atoms with Crippen molar-refractivity contribution in [1.82, 2.24) is 14.8 Å². The number of hydrogen-bond donors (Lipinski definition) is 0. The first-order chi connectivity index (χ1) is 10.1. The van der Waals surface area contributed by atoms with Crippen molar-refractivity contribution in [3.8, 4) is 0 Å². The Hall–Kier alpha value is -1.72. The third kappa shape index (κ3) is 4.12. The van der Waals surface area contributed by atoms with Gasteiger partial charge >= 0.3 is 0 Å². The molecule has 0 aliphatic heterocycles. The van der Waals surface area contributed by atoms with Crippen LogP contribution in [-0.2, 0) is 13.1 Å². The second-order valence-electron chi connectivity index (χ2n) is 5.14. The van der Waals surface area contributed by atoms with E-state index in [1.165, 1.54) is 0 Å². The van der Waals surface area contributed by atoms with Crippen molar-refractivity contribution in [2.24, 2.45) is 0 Å². The highest BCUT2D eigenvalue weighted by atomic mass is 32.1. The lowest BCUT2D eigenvalue weighted by Crippen LogP contribution is -2.31. The van der Waals surface area contributed by atoms with Crippen molar-refractivity contribution < 1.29 is 4.79 Å². The van der Waals surface area contributed by atoms with Gasteiger partial charge in [-0.05, 0) is 32.6 Å². The summed E-state index contributed by atoms with van der Waals surface area (Å²) in [7, 11) is 4.02. The summed E-state index contributed by atoms with van der Waals surface area (Å²) in [5, 5.41) is 2.91. The monoisotopic (exact) mass is 303 g/mol. The minimum absolute atomic E-state index is 0.0742. The van der Waals surface area contributed by atoms with Crippen molar-refractivity contribution in [3.05, 3.63) is 52.0 Å². The van der Waals surface area contributed by atoms with Crippen molar-refractivity contribution >= 4 is 17.2 Å². The molecule has 0 aliphatic carbocycles. The Balaban J connectivity index is 2.21. The van der Waals surface area contributed by atoms with E-state index in [1.807, 2.05) is 55.6 Å². The number of amides is 1. The highest BCUT2D eigenvalue weighted by Gasteiger charge is 2.18. The number of aromatic nitrogens is 1. The van der Waals surface area contributed by atoms with Crippen LogP contribution in [0.5, 0.6) is 0 Å². The molecule has 1 amide bonds. The number of benzene rings is 1. The molecule has 21 heavy (non-hydrogen) atoms. The van der Waals surface area contributed by atoms with Crippen molar-refractivity contribution in [2.75, 3.05) is 20.6 Å². The summed E-state index contributed by atoms with van der Waals surface area (Å²) in [5.74, 6) is 0.0742. The minimum atomic E-state index is 0.0742. The quantitative estimate of drug-likeness (QED) is 0.823. The van der Waals surface area contributed by atoms with Gasteiger partial charge in [-0.15, -0.1) is 11.3 Å². The van der Waals surface area contributed by atoms with Gasteiger partial charge in [-0.3, -0.25) is 4.79 Å². The van der Waals surface area contributed by atoms with Crippen LogP contribution >= 0.6 is 11.3 Å². The number of nitrogens with zero attached hydrogens (tertiary/aromatic N) is 3. The molecule has 0 radical (unpaired) electrons. The molecule has 0 N–H and O–H groups in total. The van der Waals surface area contributed by atoms with Gasteiger partial charge in [-0.1, -0.05) is 18.2 Å². The van der Waals surface area contributed by atoms with E-state index in [2.05, 4.69) is 9.88 Å². The molecule has 1 aromatic heterocycles. The first kappa shape index (κ1) is 15.7. The molecule has 2 aromatic rings. The van der Waals surface area contributed by atoms with Crippen molar-refractivity contribution in [3.63, 3.8) is 0 Å². The van der Waals surface area contributed by atoms with Crippen LogP contribution in [0.15, 0.2) is 35.8 Å². The summed E-state index contributed by atoms with van der Waals surface area (Å²) in [6.07, 6.45) is 1.78. The molecule has 0 saturated carbocycles. The molecule has 2 rings (SSSR count). The molecule has 1 heterocycles. The molecular weight excluding hydrogens is 282 g/mol. The summed E-state index contributed by atoms with van der Waals surface area (Å²) in [6, 6.07) is 7.83. The average molecular weight is 303 g/mol. The summed E-state index contributed by atoms with van der Waals surface area (Å²) in [4.78, 5) is 21.0. The van der Waals surface area contributed by atoms with E-state index >= 15 is 0 Å². The van der Waals surface area contributed by atoms with Crippen LogP contribution in [0.25, 0.3) is 0 Å². The Morgan fingerprint density at radius 1 is 1.24 bits per heavy atom. The molecule has 0 aliphatic rings. The maximum Gasteiger partial charge on any atom is 0.254 e. The smallest absolute Gasteiger partial charge is 0.254 e. The maximum absolute atomic E-state index is 12.8. The second kappa shape index (κ2) is 7.33. The van der Waals surface area contributed by atoms with E-state index in [0.717, 1.165) is 22.7 Å². The SMILES string of the molecule is CCN(Cc1nccs1)C(=O)c1ccccc1CN(C)C.